The summed E-state index contributed by atoms with van der Waals surface area (Å²) in [6.07, 6.45) is -4.42. The molecule has 2 rings (SSSR count). The largest absolute Gasteiger partial charge is 0.416 e. The van der Waals surface area contributed by atoms with Crippen molar-refractivity contribution < 1.29 is 13.2 Å². The van der Waals surface area contributed by atoms with Crippen LogP contribution >= 0.6 is 15.9 Å². The lowest BCUT2D eigenvalue weighted by molar-refractivity contribution is -0.137. The Morgan fingerprint density at radius 2 is 1.71 bits per heavy atom. The van der Waals surface area contributed by atoms with Crippen molar-refractivity contribution in [2.75, 3.05) is 17.7 Å². The fourth-order valence-electron chi connectivity index (χ4n) is 1.84. The molecule has 1 heterocycles. The third-order valence-electron chi connectivity index (χ3n) is 2.72. The van der Waals surface area contributed by atoms with Gasteiger partial charge in [-0.1, -0.05) is 15.9 Å². The molecule has 2 N–H and O–H groups in total. The minimum absolute atomic E-state index is 0.131. The van der Waals surface area contributed by atoms with Gasteiger partial charge in [-0.15, -0.1) is 0 Å². The summed E-state index contributed by atoms with van der Waals surface area (Å²) in [6, 6.07) is 7.46. The number of hydrogen-bond acceptors (Lipinski definition) is 3. The number of benzene rings is 1. The molecule has 3 nitrogen and oxygen atoms in total. The second-order valence-electron chi connectivity index (χ2n) is 4.52. The topological polar surface area (TPSA) is 37.0 Å². The number of anilines is 3. The molecular weight excluding hydrogens is 347 g/mol. The number of nitrogens with one attached hydrogen (secondary N) is 2. The van der Waals surface area contributed by atoms with Crippen LogP contribution in [0.15, 0.2) is 34.8 Å². The molecule has 0 fully saturated rings. The number of aryl methyl sites for hydroxylation is 1. The molecule has 0 saturated heterocycles. The van der Waals surface area contributed by atoms with E-state index in [2.05, 4.69) is 31.5 Å². The zero-order chi connectivity index (χ0) is 15.6. The molecule has 0 saturated carbocycles. The highest BCUT2D eigenvalue weighted by Gasteiger charge is 2.31. The summed E-state index contributed by atoms with van der Waals surface area (Å²) in [7, 11) is 1.52. The minimum atomic E-state index is -4.42. The fourth-order valence-corrected chi connectivity index (χ4v) is 2.45. The zero-order valence-electron chi connectivity index (χ0n) is 11.3. The van der Waals surface area contributed by atoms with Gasteiger partial charge in [0.05, 0.1) is 5.56 Å². The maximum Gasteiger partial charge on any atom is 0.416 e. The Balaban J connectivity index is 2.39. The van der Waals surface area contributed by atoms with Gasteiger partial charge in [0.15, 0.2) is 0 Å². The molecule has 0 bridgehead atoms. The van der Waals surface area contributed by atoms with Gasteiger partial charge in [-0.25, -0.2) is 4.98 Å². The van der Waals surface area contributed by atoms with Gasteiger partial charge in [0.25, 0.3) is 0 Å². The molecule has 0 aliphatic carbocycles. The Hall–Kier alpha value is -1.76. The molecule has 0 aliphatic heterocycles. The Labute approximate surface area is 128 Å². The molecule has 21 heavy (non-hydrogen) atoms. The van der Waals surface area contributed by atoms with Crippen molar-refractivity contribution in [3.05, 3.63) is 45.9 Å². The van der Waals surface area contributed by atoms with Crippen LogP contribution in [0.3, 0.4) is 0 Å². The molecule has 0 radical (unpaired) electrons. The molecule has 2 aromatic rings. The highest BCUT2D eigenvalue weighted by atomic mass is 79.9. The number of nitrogens with zero attached hydrogens (tertiary/aromatic N) is 1. The summed E-state index contributed by atoms with van der Waals surface area (Å²) in [4.78, 5) is 4.08. The SMILES string of the molecule is CNc1cc(C(F)(F)F)cc(Nc2cc(C)cc(Br)c2)n1. The number of hydrogen-bond donors (Lipinski definition) is 2. The average Bonchev–Trinajstić information content (AvgIpc) is 2.36. The Bertz CT molecular complexity index is 636. The summed E-state index contributed by atoms with van der Waals surface area (Å²) < 4.78 is 39.4. The van der Waals surface area contributed by atoms with Crippen molar-refractivity contribution in [3.63, 3.8) is 0 Å². The maximum atomic E-state index is 12.9. The van der Waals surface area contributed by atoms with Gasteiger partial charge in [0.1, 0.15) is 11.6 Å². The summed E-state index contributed by atoms with van der Waals surface area (Å²) in [5, 5.41) is 5.52. The van der Waals surface area contributed by atoms with E-state index in [9.17, 15) is 13.2 Å². The molecule has 7 heteroatoms. The number of alkyl halides is 3. The van der Waals surface area contributed by atoms with Crippen molar-refractivity contribution in [3.8, 4) is 0 Å². The zero-order valence-corrected chi connectivity index (χ0v) is 12.9. The van der Waals surface area contributed by atoms with Crippen LogP contribution in [0.1, 0.15) is 11.1 Å². The molecule has 0 atom stereocenters. The van der Waals surface area contributed by atoms with Gasteiger partial charge in [0, 0.05) is 17.2 Å². The molecule has 112 valence electrons. The lowest BCUT2D eigenvalue weighted by Crippen LogP contribution is -2.08. The maximum absolute atomic E-state index is 12.9. The van der Waals surface area contributed by atoms with Crippen LogP contribution in [0, 0.1) is 6.92 Å². The summed E-state index contributed by atoms with van der Waals surface area (Å²) in [5.41, 5.74) is 0.888. The molecule has 1 aromatic carbocycles. The Morgan fingerprint density at radius 3 is 2.29 bits per heavy atom. The highest BCUT2D eigenvalue weighted by Crippen LogP contribution is 2.33. The molecule has 0 unspecified atom stereocenters. The average molecular weight is 360 g/mol. The Morgan fingerprint density at radius 1 is 1.05 bits per heavy atom. The molecular formula is C14H13BrF3N3. The molecule has 0 aliphatic rings. The van der Waals surface area contributed by atoms with E-state index in [1.165, 1.54) is 7.05 Å². The molecule has 0 spiro atoms. The van der Waals surface area contributed by atoms with Gasteiger partial charge in [-0.05, 0) is 42.8 Å². The number of pyridine rings is 1. The lowest BCUT2D eigenvalue weighted by Gasteiger charge is -2.13. The van der Waals surface area contributed by atoms with E-state index in [4.69, 9.17) is 0 Å². The van der Waals surface area contributed by atoms with Crippen molar-refractivity contribution >= 4 is 33.3 Å². The van der Waals surface area contributed by atoms with E-state index in [-0.39, 0.29) is 11.6 Å². The highest BCUT2D eigenvalue weighted by molar-refractivity contribution is 9.10. The summed E-state index contributed by atoms with van der Waals surface area (Å²) >= 11 is 3.35. The van der Waals surface area contributed by atoms with Crippen molar-refractivity contribution in [2.24, 2.45) is 0 Å². The van der Waals surface area contributed by atoms with Crippen LogP contribution in [-0.2, 0) is 6.18 Å². The summed E-state index contributed by atoms with van der Waals surface area (Å²) in [5.74, 6) is 0.283. The first-order chi connectivity index (χ1) is 9.77. The normalized spacial score (nSPS) is 11.3. The van der Waals surface area contributed by atoms with Crippen LogP contribution in [-0.4, -0.2) is 12.0 Å². The smallest absolute Gasteiger partial charge is 0.373 e. The third-order valence-corrected chi connectivity index (χ3v) is 3.18. The Kier molecular flexibility index (Phi) is 4.41. The van der Waals surface area contributed by atoms with E-state index in [1.54, 1.807) is 6.07 Å². The van der Waals surface area contributed by atoms with E-state index in [0.29, 0.717) is 5.69 Å². The first kappa shape index (κ1) is 15.6. The van der Waals surface area contributed by atoms with Gasteiger partial charge >= 0.3 is 6.18 Å². The second kappa shape index (κ2) is 5.93. The van der Waals surface area contributed by atoms with Crippen LogP contribution in [0.25, 0.3) is 0 Å². The third kappa shape index (κ3) is 4.10. The van der Waals surface area contributed by atoms with Gasteiger partial charge in [-0.3, -0.25) is 0 Å². The number of halogens is 4. The predicted molar refractivity (Wildman–Crippen MR) is 80.9 cm³/mol. The molecule has 1 aromatic heterocycles. The standard InChI is InChI=1S/C14H13BrF3N3/c1-8-3-10(15)7-11(4-8)20-13-6-9(14(16,17)18)5-12(19-2)21-13/h3-7H,1-2H3,(H2,19,20,21). The van der Waals surface area contributed by atoms with E-state index in [0.717, 1.165) is 22.2 Å². The van der Waals surface area contributed by atoms with Gasteiger partial charge in [0.2, 0.25) is 0 Å². The van der Waals surface area contributed by atoms with E-state index in [1.807, 2.05) is 19.1 Å². The van der Waals surface area contributed by atoms with Crippen LogP contribution in [0.2, 0.25) is 0 Å². The van der Waals surface area contributed by atoms with Gasteiger partial charge in [-0.2, -0.15) is 13.2 Å². The first-order valence-electron chi connectivity index (χ1n) is 6.09. The quantitative estimate of drug-likeness (QED) is 0.813. The lowest BCUT2D eigenvalue weighted by atomic mass is 10.2. The van der Waals surface area contributed by atoms with Crippen LogP contribution in [0.5, 0.6) is 0 Å². The summed E-state index contributed by atoms with van der Waals surface area (Å²) in [6.45, 7) is 1.90. The van der Waals surface area contributed by atoms with Crippen molar-refractivity contribution in [1.29, 1.82) is 0 Å². The first-order valence-corrected chi connectivity index (χ1v) is 6.88. The van der Waals surface area contributed by atoms with Gasteiger partial charge < -0.3 is 10.6 Å². The fraction of sp³-hybridized carbons (Fsp3) is 0.214. The predicted octanol–water partition coefficient (Wildman–Crippen LogP) is 4.96. The second-order valence-corrected chi connectivity index (χ2v) is 5.43. The van der Waals surface area contributed by atoms with Crippen molar-refractivity contribution in [2.45, 2.75) is 13.1 Å². The van der Waals surface area contributed by atoms with Crippen LogP contribution < -0.4 is 10.6 Å². The van der Waals surface area contributed by atoms with Crippen LogP contribution in [0.4, 0.5) is 30.5 Å². The minimum Gasteiger partial charge on any atom is -0.373 e. The number of aromatic nitrogens is 1. The van der Waals surface area contributed by atoms with E-state index < -0.39 is 11.7 Å². The van der Waals surface area contributed by atoms with E-state index >= 15 is 0 Å². The monoisotopic (exact) mass is 359 g/mol. The number of rotatable bonds is 3. The molecule has 0 amide bonds. The van der Waals surface area contributed by atoms with Crippen molar-refractivity contribution in [1.82, 2.24) is 4.98 Å².